The van der Waals surface area contributed by atoms with Gasteiger partial charge in [-0.05, 0) is 73.6 Å². The van der Waals surface area contributed by atoms with Crippen LogP contribution in [0.15, 0.2) is 84.9 Å². The van der Waals surface area contributed by atoms with Gasteiger partial charge in [0.1, 0.15) is 0 Å². The number of hydrogen-bond donors (Lipinski definition) is 1. The molecule has 5 heteroatoms. The molecule has 1 amide bonds. The molecule has 3 aromatic carbocycles. The van der Waals surface area contributed by atoms with Crippen molar-refractivity contribution in [3.05, 3.63) is 101 Å². The smallest absolute Gasteiger partial charge is 0.224 e. The van der Waals surface area contributed by atoms with Crippen molar-refractivity contribution in [1.82, 2.24) is 14.8 Å². The summed E-state index contributed by atoms with van der Waals surface area (Å²) in [6, 6.07) is 28.9. The maximum atomic E-state index is 12.3. The quantitative estimate of drug-likeness (QED) is 0.342. The average molecular weight is 472 g/mol. The number of para-hydroxylation sites is 1. The normalized spacial score (nSPS) is 11.1. The first-order chi connectivity index (χ1) is 16.4. The Bertz CT molecular complexity index is 1260. The molecule has 0 aliphatic heterocycles. The van der Waals surface area contributed by atoms with Crippen LogP contribution in [0.1, 0.15) is 11.1 Å². The molecule has 0 atom stereocenters. The van der Waals surface area contributed by atoms with E-state index >= 15 is 0 Å². The number of nitrogens with one attached hydrogen (secondary N) is 1. The van der Waals surface area contributed by atoms with E-state index in [4.69, 9.17) is 11.6 Å². The average Bonchev–Trinajstić information content (AvgIpc) is 3.25. The highest BCUT2D eigenvalue weighted by molar-refractivity contribution is 6.30. The zero-order chi connectivity index (χ0) is 24.1. The number of hydrogen-bond acceptors (Lipinski definition) is 2. The van der Waals surface area contributed by atoms with Crippen LogP contribution in [0.4, 0.5) is 0 Å². The third kappa shape index (κ3) is 5.58. The van der Waals surface area contributed by atoms with Gasteiger partial charge in [0.2, 0.25) is 5.91 Å². The Labute approximate surface area is 206 Å². The maximum absolute atomic E-state index is 12.3. The first-order valence-corrected chi connectivity index (χ1v) is 11.8. The number of carbonyl (C=O) groups is 1. The maximum Gasteiger partial charge on any atom is 0.224 e. The lowest BCUT2D eigenvalue weighted by Crippen LogP contribution is -2.32. The molecular weight excluding hydrogens is 442 g/mol. The second-order valence-corrected chi connectivity index (χ2v) is 9.20. The van der Waals surface area contributed by atoms with Gasteiger partial charge in [0, 0.05) is 23.8 Å². The fraction of sp³-hybridized carbons (Fsp3) is 0.207. The molecule has 0 spiro atoms. The van der Waals surface area contributed by atoms with Crippen molar-refractivity contribution < 1.29 is 4.79 Å². The third-order valence-corrected chi connectivity index (χ3v) is 6.12. The summed E-state index contributed by atoms with van der Waals surface area (Å²) in [7, 11) is 3.99. The number of carbonyl (C=O) groups excluding carboxylic acids is 1. The van der Waals surface area contributed by atoms with E-state index in [0.717, 1.165) is 45.3 Å². The molecule has 0 saturated heterocycles. The minimum atomic E-state index is 0.0444. The van der Waals surface area contributed by atoms with E-state index < -0.39 is 0 Å². The summed E-state index contributed by atoms with van der Waals surface area (Å²) < 4.78 is 2.29. The Hall–Kier alpha value is -3.34. The van der Waals surface area contributed by atoms with Gasteiger partial charge in [-0.3, -0.25) is 4.79 Å². The first kappa shape index (κ1) is 23.8. The Morgan fingerprint density at radius 1 is 0.853 bits per heavy atom. The Balaban J connectivity index is 1.65. The second-order valence-electron chi connectivity index (χ2n) is 8.76. The number of nitrogens with zero attached hydrogens (tertiary/aromatic N) is 2. The summed E-state index contributed by atoms with van der Waals surface area (Å²) in [6.45, 7) is 3.61. The second kappa shape index (κ2) is 10.7. The van der Waals surface area contributed by atoms with Crippen LogP contribution in [0.2, 0.25) is 5.02 Å². The third-order valence-electron chi connectivity index (χ3n) is 5.87. The summed E-state index contributed by atoms with van der Waals surface area (Å²) in [5, 5.41) is 3.70. The predicted octanol–water partition coefficient (Wildman–Crippen LogP) is 5.99. The van der Waals surface area contributed by atoms with Gasteiger partial charge in [0.25, 0.3) is 0 Å². The molecule has 0 saturated carbocycles. The highest BCUT2D eigenvalue weighted by atomic mass is 35.5. The molecule has 174 valence electrons. The van der Waals surface area contributed by atoms with Gasteiger partial charge in [-0.25, -0.2) is 0 Å². The zero-order valence-corrected chi connectivity index (χ0v) is 20.6. The molecule has 0 unspecified atom stereocenters. The molecule has 4 aromatic rings. The molecule has 0 aliphatic carbocycles. The highest BCUT2D eigenvalue weighted by Crippen LogP contribution is 2.34. The molecule has 0 fully saturated rings. The van der Waals surface area contributed by atoms with Crippen LogP contribution in [-0.4, -0.2) is 42.6 Å². The number of aromatic nitrogens is 1. The monoisotopic (exact) mass is 471 g/mol. The lowest BCUT2D eigenvalue weighted by molar-refractivity contribution is -0.120. The molecule has 1 N–H and O–H groups in total. The lowest BCUT2D eigenvalue weighted by Gasteiger charge is -2.17. The van der Waals surface area contributed by atoms with Gasteiger partial charge in [-0.2, -0.15) is 0 Å². The van der Waals surface area contributed by atoms with Gasteiger partial charge >= 0.3 is 0 Å². The summed E-state index contributed by atoms with van der Waals surface area (Å²) >= 11 is 6.14. The van der Waals surface area contributed by atoms with Gasteiger partial charge in [-0.1, -0.05) is 66.2 Å². The van der Waals surface area contributed by atoms with Gasteiger partial charge in [0.15, 0.2) is 0 Å². The van der Waals surface area contributed by atoms with Crippen molar-refractivity contribution in [1.29, 1.82) is 0 Å². The first-order valence-electron chi connectivity index (χ1n) is 11.5. The predicted molar refractivity (Wildman–Crippen MR) is 142 cm³/mol. The van der Waals surface area contributed by atoms with Crippen molar-refractivity contribution >= 4 is 17.5 Å². The largest absolute Gasteiger partial charge is 0.355 e. The number of amides is 1. The zero-order valence-electron chi connectivity index (χ0n) is 19.9. The molecule has 0 aliphatic rings. The van der Waals surface area contributed by atoms with Gasteiger partial charge in [-0.15, -0.1) is 0 Å². The van der Waals surface area contributed by atoms with Crippen molar-refractivity contribution in [2.75, 3.05) is 27.2 Å². The van der Waals surface area contributed by atoms with Crippen LogP contribution in [0, 0.1) is 6.92 Å². The molecule has 1 heterocycles. The van der Waals surface area contributed by atoms with E-state index in [9.17, 15) is 4.79 Å². The van der Waals surface area contributed by atoms with Crippen molar-refractivity contribution in [2.45, 2.75) is 13.3 Å². The minimum Gasteiger partial charge on any atom is -0.355 e. The lowest BCUT2D eigenvalue weighted by atomic mass is 10.1. The number of likely N-dealkylation sites (N-methyl/N-ethyl adjacent to an activating group) is 1. The number of halogens is 1. The fourth-order valence-electron chi connectivity index (χ4n) is 4.04. The van der Waals surface area contributed by atoms with Crippen LogP contribution < -0.4 is 5.32 Å². The highest BCUT2D eigenvalue weighted by Gasteiger charge is 2.15. The summed E-state index contributed by atoms with van der Waals surface area (Å²) in [5.74, 6) is 0.0444. The molecule has 1 aromatic heterocycles. The number of rotatable bonds is 8. The molecule has 4 nitrogen and oxygen atoms in total. The van der Waals surface area contributed by atoms with Gasteiger partial charge in [0.05, 0.1) is 17.8 Å². The molecule has 0 bridgehead atoms. The van der Waals surface area contributed by atoms with Crippen LogP contribution in [0.3, 0.4) is 0 Å². The van der Waals surface area contributed by atoms with Crippen LogP contribution in [0.25, 0.3) is 28.2 Å². The standard InChI is InChI=1S/C29H30ClN3O/c1-21-6-4-5-7-26(21)33-27(16-17-28(33)24-12-14-25(30)15-13-24)23-10-8-22(9-11-23)20-29(34)31-18-19-32(2)3/h4-17H,18-20H2,1-3H3,(H,31,34). The molecule has 0 radical (unpaired) electrons. The summed E-state index contributed by atoms with van der Waals surface area (Å²) in [5.41, 5.74) is 7.73. The molecular formula is C29H30ClN3O. The Morgan fingerprint density at radius 2 is 1.44 bits per heavy atom. The van der Waals surface area contributed by atoms with E-state index in [2.05, 4.69) is 70.2 Å². The van der Waals surface area contributed by atoms with Crippen LogP contribution in [0.5, 0.6) is 0 Å². The van der Waals surface area contributed by atoms with Crippen molar-refractivity contribution in [3.8, 4) is 28.2 Å². The van der Waals surface area contributed by atoms with E-state index in [-0.39, 0.29) is 5.91 Å². The van der Waals surface area contributed by atoms with Crippen LogP contribution >= 0.6 is 11.6 Å². The van der Waals surface area contributed by atoms with Crippen molar-refractivity contribution in [2.24, 2.45) is 0 Å². The van der Waals surface area contributed by atoms with E-state index in [1.54, 1.807) is 0 Å². The Kier molecular flexibility index (Phi) is 7.51. The number of aryl methyl sites for hydroxylation is 1. The van der Waals surface area contributed by atoms with Gasteiger partial charge < -0.3 is 14.8 Å². The number of benzene rings is 3. The fourth-order valence-corrected chi connectivity index (χ4v) is 4.17. The van der Waals surface area contributed by atoms with E-state index in [1.807, 2.05) is 50.5 Å². The van der Waals surface area contributed by atoms with Crippen LogP contribution in [-0.2, 0) is 11.2 Å². The molecule has 4 rings (SSSR count). The van der Waals surface area contributed by atoms with E-state index in [1.165, 1.54) is 5.56 Å². The minimum absolute atomic E-state index is 0.0444. The Morgan fingerprint density at radius 3 is 2.03 bits per heavy atom. The SMILES string of the molecule is Cc1ccccc1-n1c(-c2ccc(Cl)cc2)ccc1-c1ccc(CC(=O)NCCN(C)C)cc1. The topological polar surface area (TPSA) is 37.3 Å². The summed E-state index contributed by atoms with van der Waals surface area (Å²) in [6.07, 6.45) is 0.378. The van der Waals surface area contributed by atoms with E-state index in [0.29, 0.717) is 13.0 Å². The summed E-state index contributed by atoms with van der Waals surface area (Å²) in [4.78, 5) is 14.3. The van der Waals surface area contributed by atoms with Crippen molar-refractivity contribution in [3.63, 3.8) is 0 Å². The molecule has 34 heavy (non-hydrogen) atoms.